The molecule has 3 aromatic rings. The number of hydrogen-bond acceptors (Lipinski definition) is 12. The summed E-state index contributed by atoms with van der Waals surface area (Å²) in [6.07, 6.45) is -7.02. The number of carboxylic acid groups (broad SMARTS) is 1. The van der Waals surface area contributed by atoms with Crippen molar-refractivity contribution in [1.82, 2.24) is 15.2 Å². The van der Waals surface area contributed by atoms with Crippen LogP contribution in [0.1, 0.15) is 68.0 Å². The molecule has 0 saturated carbocycles. The molecule has 3 fully saturated rings. The molecule has 63 heavy (non-hydrogen) atoms. The van der Waals surface area contributed by atoms with E-state index in [2.05, 4.69) is 10.3 Å². The second-order valence-corrected chi connectivity index (χ2v) is 16.9. The largest absolute Gasteiger partial charge is 0.480 e. The van der Waals surface area contributed by atoms with Gasteiger partial charge in [-0.3, -0.25) is 14.5 Å². The van der Waals surface area contributed by atoms with Crippen molar-refractivity contribution in [2.75, 3.05) is 48.4 Å². The van der Waals surface area contributed by atoms with Crippen molar-refractivity contribution in [1.29, 1.82) is 5.26 Å². The van der Waals surface area contributed by atoms with Gasteiger partial charge in [0.05, 0.1) is 36.5 Å². The van der Waals surface area contributed by atoms with Crippen LogP contribution in [0.2, 0.25) is 0 Å². The number of benzene rings is 2. The molecule has 6 rings (SSSR count). The lowest BCUT2D eigenvalue weighted by atomic mass is 10.1. The predicted octanol–water partition coefficient (Wildman–Crippen LogP) is 4.31. The molecule has 3 saturated heterocycles. The molecule has 0 unspecified atom stereocenters. The zero-order valence-corrected chi connectivity index (χ0v) is 36.6. The molecular formula is C44H56F3N7O9. The van der Waals surface area contributed by atoms with Gasteiger partial charge in [-0.1, -0.05) is 24.3 Å². The third-order valence-corrected chi connectivity index (χ3v) is 10.4. The van der Waals surface area contributed by atoms with Gasteiger partial charge in [-0.15, -0.1) is 0 Å². The number of pyridine rings is 1. The number of amides is 3. The van der Waals surface area contributed by atoms with Gasteiger partial charge in [0.2, 0.25) is 11.8 Å². The van der Waals surface area contributed by atoms with Crippen molar-refractivity contribution in [2.45, 2.75) is 109 Å². The summed E-state index contributed by atoms with van der Waals surface area (Å²) in [5.41, 5.74) is 1.21. The predicted molar refractivity (Wildman–Crippen MR) is 227 cm³/mol. The van der Waals surface area contributed by atoms with Crippen LogP contribution in [0.5, 0.6) is 0 Å². The maximum atomic E-state index is 13.5. The smallest absolute Gasteiger partial charge is 0.417 e. The summed E-state index contributed by atoms with van der Waals surface area (Å²) < 4.78 is 45.5. The lowest BCUT2D eigenvalue weighted by Crippen LogP contribution is -2.45. The summed E-state index contributed by atoms with van der Waals surface area (Å²) in [4.78, 5) is 57.4. The number of aryl methyl sites for hydroxylation is 3. The van der Waals surface area contributed by atoms with Gasteiger partial charge in [0, 0.05) is 57.1 Å². The second kappa shape index (κ2) is 20.6. The molecule has 3 aliphatic heterocycles. The van der Waals surface area contributed by atoms with Gasteiger partial charge in [0.25, 0.3) is 0 Å². The number of carbonyl (C=O) groups is 4. The number of likely N-dealkylation sites (N-methyl/N-ethyl adjacent to an activating group) is 2. The fraction of sp³-hybridized carbons (Fsp3) is 0.500. The summed E-state index contributed by atoms with van der Waals surface area (Å²) in [6, 6.07) is 15.2. The Bertz CT molecular complexity index is 2180. The SMILES string of the molecule is CC(C)(C)OC(=O)N1C[C@@H](O)C[C@H]1C(=O)O.Cc1cccc(N(C)C(=O)[C@@H]2C[C@H](O)CN2)c1.Cc1cccc(N(C)C(=O)[C@@H]2C[C@H](O)CN2c2nc(C)cc(C(F)(F)F)c2C#N)c1. The molecule has 3 amide bonds. The van der Waals surface area contributed by atoms with Crippen LogP contribution in [0.3, 0.4) is 0 Å². The first-order chi connectivity index (χ1) is 29.3. The number of aliphatic hydroxyl groups excluding tert-OH is 3. The number of aromatic nitrogens is 1. The Hall–Kier alpha value is -5.81. The third-order valence-electron chi connectivity index (χ3n) is 10.4. The molecule has 16 nitrogen and oxygen atoms in total. The lowest BCUT2D eigenvalue weighted by Gasteiger charge is -2.30. The fourth-order valence-electron chi connectivity index (χ4n) is 7.34. The van der Waals surface area contributed by atoms with E-state index < -0.39 is 71.3 Å². The van der Waals surface area contributed by atoms with Crippen LogP contribution in [0.15, 0.2) is 54.6 Å². The average Bonchev–Trinajstić information content (AvgIpc) is 3.93. The molecule has 3 aliphatic rings. The number of carbonyl (C=O) groups excluding carboxylic acids is 3. The first-order valence-corrected chi connectivity index (χ1v) is 20.2. The van der Waals surface area contributed by atoms with Crippen molar-refractivity contribution in [2.24, 2.45) is 0 Å². The molecule has 0 aliphatic carbocycles. The van der Waals surface area contributed by atoms with E-state index in [9.17, 15) is 52.9 Å². The van der Waals surface area contributed by atoms with Gasteiger partial charge in [-0.2, -0.15) is 18.4 Å². The number of ether oxygens (including phenoxy) is 1. The van der Waals surface area contributed by atoms with Gasteiger partial charge >= 0.3 is 18.2 Å². The quantitative estimate of drug-likeness (QED) is 0.233. The monoisotopic (exact) mass is 883 g/mol. The van der Waals surface area contributed by atoms with Crippen molar-refractivity contribution >= 4 is 41.1 Å². The van der Waals surface area contributed by atoms with Crippen molar-refractivity contribution in [3.8, 4) is 6.07 Å². The van der Waals surface area contributed by atoms with Crippen LogP contribution in [-0.4, -0.2) is 130 Å². The first kappa shape index (κ1) is 49.8. The van der Waals surface area contributed by atoms with Crippen LogP contribution in [0.4, 0.5) is 35.2 Å². The summed E-state index contributed by atoms with van der Waals surface area (Å²) in [7, 11) is 3.33. The Morgan fingerprint density at radius 1 is 0.825 bits per heavy atom. The topological polar surface area (TPSA) is 220 Å². The number of halogens is 3. The number of hydrogen-bond donors (Lipinski definition) is 5. The van der Waals surface area contributed by atoms with Crippen LogP contribution in [0.25, 0.3) is 0 Å². The highest BCUT2D eigenvalue weighted by Crippen LogP contribution is 2.38. The van der Waals surface area contributed by atoms with Crippen LogP contribution < -0.4 is 20.0 Å². The Kier molecular flexibility index (Phi) is 16.3. The minimum Gasteiger partial charge on any atom is -0.480 e. The summed E-state index contributed by atoms with van der Waals surface area (Å²) in [6.45, 7) is 10.8. The number of nitriles is 1. The minimum atomic E-state index is -4.75. The second-order valence-electron chi connectivity index (χ2n) is 16.9. The zero-order chi connectivity index (χ0) is 47.1. The number of alkyl halides is 3. The Labute approximate surface area is 364 Å². The number of aliphatic carboxylic acids is 1. The number of carboxylic acids is 1. The standard InChI is InChI=1S/C21H21F3N4O2.C13H18N2O2.C10H17NO5/c1-12-5-4-6-14(7-12)27(3)20(30)18-9-15(29)11-28(18)19-16(10-25)17(21(22,23)24)8-13(2)26-19;1-9-4-3-5-10(6-9)15(2)13(17)12-7-11(16)8-14-12;1-10(2,3)16-9(15)11-5-6(12)4-7(11)8(13)14/h4-8,15,18,29H,9,11H2,1-3H3;3-6,11-12,14,16H,7-8H2,1-2H3;6-7,12H,4-5H2,1-3H3,(H,13,14)/t15-,18-;11-,12-;6-,7-/m000/s1. The minimum absolute atomic E-state index is 0.00583. The lowest BCUT2D eigenvalue weighted by molar-refractivity contribution is -0.142. The van der Waals surface area contributed by atoms with Gasteiger partial charge in [-0.05, 0) is 89.4 Å². The van der Waals surface area contributed by atoms with E-state index in [-0.39, 0.29) is 49.4 Å². The molecule has 2 aromatic carbocycles. The molecule has 4 heterocycles. The summed E-state index contributed by atoms with van der Waals surface area (Å²) in [5, 5.41) is 50.3. The Morgan fingerprint density at radius 3 is 1.84 bits per heavy atom. The number of likely N-dealkylation sites (tertiary alicyclic amines) is 1. The molecular weight excluding hydrogens is 828 g/mol. The van der Waals surface area contributed by atoms with E-state index >= 15 is 0 Å². The molecule has 0 spiro atoms. The van der Waals surface area contributed by atoms with E-state index in [4.69, 9.17) is 9.84 Å². The molecule has 19 heteroatoms. The third kappa shape index (κ3) is 13.1. The molecule has 5 N–H and O–H groups in total. The molecule has 0 bridgehead atoms. The maximum absolute atomic E-state index is 13.5. The van der Waals surface area contributed by atoms with Gasteiger partial charge in [-0.25, -0.2) is 14.6 Å². The summed E-state index contributed by atoms with van der Waals surface area (Å²) in [5.74, 6) is -1.76. The molecule has 0 radical (unpaired) electrons. The number of aliphatic hydroxyl groups is 3. The number of β-amino-alcohol motifs (C(OH)–C–C–N with tert-alkyl or cyclic N) is 3. The van der Waals surface area contributed by atoms with E-state index in [0.29, 0.717) is 18.7 Å². The number of nitrogens with one attached hydrogen (secondary N) is 1. The van der Waals surface area contributed by atoms with Crippen molar-refractivity contribution in [3.63, 3.8) is 0 Å². The molecule has 6 atom stereocenters. The average molecular weight is 884 g/mol. The van der Waals surface area contributed by atoms with Crippen molar-refractivity contribution in [3.05, 3.63) is 82.5 Å². The highest BCUT2D eigenvalue weighted by atomic mass is 19.4. The van der Waals surface area contributed by atoms with E-state index in [1.165, 1.54) is 16.7 Å². The van der Waals surface area contributed by atoms with Crippen LogP contribution >= 0.6 is 0 Å². The Balaban J connectivity index is 0.000000225. The van der Waals surface area contributed by atoms with Gasteiger partial charge in [0.1, 0.15) is 35.1 Å². The maximum Gasteiger partial charge on any atom is 0.417 e. The van der Waals surface area contributed by atoms with Crippen LogP contribution in [-0.2, 0) is 25.3 Å². The highest BCUT2D eigenvalue weighted by Gasteiger charge is 2.43. The number of anilines is 3. The van der Waals surface area contributed by atoms with E-state index in [0.717, 1.165) is 27.8 Å². The first-order valence-electron chi connectivity index (χ1n) is 20.2. The fourth-order valence-corrected chi connectivity index (χ4v) is 7.34. The van der Waals surface area contributed by atoms with E-state index in [1.54, 1.807) is 64.0 Å². The zero-order valence-electron chi connectivity index (χ0n) is 36.6. The molecule has 342 valence electrons. The van der Waals surface area contributed by atoms with Gasteiger partial charge < -0.3 is 45.2 Å². The van der Waals surface area contributed by atoms with E-state index in [1.807, 2.05) is 44.2 Å². The number of nitrogens with zero attached hydrogens (tertiary/aromatic N) is 6. The molecule has 1 aromatic heterocycles. The Morgan fingerprint density at radius 2 is 1.37 bits per heavy atom. The normalized spacial score (nSPS) is 21.9. The van der Waals surface area contributed by atoms with Crippen molar-refractivity contribution < 1.29 is 57.5 Å². The highest BCUT2D eigenvalue weighted by molar-refractivity contribution is 5.99. The number of rotatable bonds is 6. The van der Waals surface area contributed by atoms with Crippen LogP contribution in [0, 0.1) is 32.1 Å². The summed E-state index contributed by atoms with van der Waals surface area (Å²) >= 11 is 0. The van der Waals surface area contributed by atoms with Gasteiger partial charge in [0.15, 0.2) is 0 Å².